The Labute approximate surface area is 199 Å². The molecule has 0 spiro atoms. The van der Waals surface area contributed by atoms with Gasteiger partial charge in [0.1, 0.15) is 17.3 Å². The number of carbonyl (C=O) groups excluding carboxylic acids is 1. The first-order valence-electron chi connectivity index (χ1n) is 9.47. The Hall–Kier alpha value is -3.32. The summed E-state index contributed by atoms with van der Waals surface area (Å²) in [5.41, 5.74) is 1.38. The molecule has 1 heterocycles. The van der Waals surface area contributed by atoms with Gasteiger partial charge >= 0.3 is 0 Å². The zero-order valence-corrected chi connectivity index (χ0v) is 18.8. The van der Waals surface area contributed by atoms with Crippen LogP contribution in [0.3, 0.4) is 0 Å². The number of furan rings is 1. The molecule has 0 atom stereocenters. The molecular weight excluding hydrogens is 467 g/mol. The number of thiocarbonyl (C=S) groups is 1. The fourth-order valence-corrected chi connectivity index (χ4v) is 3.73. The number of anilines is 1. The molecule has 0 radical (unpaired) electrons. The number of carbonyl (C=O) groups is 1. The third-order valence-corrected chi connectivity index (χ3v) is 5.61. The van der Waals surface area contributed by atoms with Crippen molar-refractivity contribution in [3.63, 3.8) is 0 Å². The van der Waals surface area contributed by atoms with Crippen LogP contribution in [0.4, 0.5) is 5.69 Å². The molecule has 160 valence electrons. The largest absolute Gasteiger partial charge is 0.508 e. The number of nitrogens with one attached hydrogen (secondary N) is 2. The molecule has 4 aromatic rings. The number of halogens is 2. The van der Waals surface area contributed by atoms with Crippen LogP contribution in [0.5, 0.6) is 5.75 Å². The normalized spacial score (nSPS) is 11.1. The number of hydrogen-bond acceptors (Lipinski definition) is 4. The van der Waals surface area contributed by atoms with Gasteiger partial charge in [-0.2, -0.15) is 0 Å². The molecule has 0 fully saturated rings. The Balaban J connectivity index is 1.40. The molecule has 5 nitrogen and oxygen atoms in total. The Morgan fingerprint density at radius 3 is 2.69 bits per heavy atom. The predicted octanol–water partition coefficient (Wildman–Crippen LogP) is 6.64. The van der Waals surface area contributed by atoms with Crippen molar-refractivity contribution in [2.45, 2.75) is 0 Å². The second kappa shape index (κ2) is 9.44. The molecule has 0 unspecified atom stereocenters. The van der Waals surface area contributed by atoms with E-state index in [1.165, 1.54) is 12.2 Å². The molecule has 8 heteroatoms. The van der Waals surface area contributed by atoms with Crippen LogP contribution >= 0.6 is 35.4 Å². The van der Waals surface area contributed by atoms with E-state index in [0.717, 1.165) is 10.8 Å². The second-order valence-electron chi connectivity index (χ2n) is 6.79. The van der Waals surface area contributed by atoms with E-state index >= 15 is 0 Å². The lowest BCUT2D eigenvalue weighted by Gasteiger charge is -2.11. The number of phenolic OH excluding ortho intramolecular Hbond substituents is 1. The van der Waals surface area contributed by atoms with Gasteiger partial charge in [0.15, 0.2) is 5.11 Å². The maximum Gasteiger partial charge on any atom is 0.250 e. The minimum absolute atomic E-state index is 0.145. The third-order valence-electron chi connectivity index (χ3n) is 4.59. The van der Waals surface area contributed by atoms with Crippen molar-refractivity contribution in [1.82, 2.24) is 5.32 Å². The lowest BCUT2D eigenvalue weighted by atomic mass is 10.1. The molecule has 0 saturated carbocycles. The first-order chi connectivity index (χ1) is 15.4. The highest BCUT2D eigenvalue weighted by atomic mass is 35.5. The number of benzene rings is 3. The molecule has 1 amide bonds. The lowest BCUT2D eigenvalue weighted by Crippen LogP contribution is -2.32. The lowest BCUT2D eigenvalue weighted by molar-refractivity contribution is -0.115. The molecular formula is C24H16Cl2N2O3S. The van der Waals surface area contributed by atoms with Crippen LogP contribution < -0.4 is 10.6 Å². The molecule has 3 aromatic carbocycles. The van der Waals surface area contributed by atoms with Gasteiger partial charge < -0.3 is 14.8 Å². The third kappa shape index (κ3) is 4.94. The number of amides is 1. The van der Waals surface area contributed by atoms with Crippen LogP contribution in [-0.4, -0.2) is 16.1 Å². The van der Waals surface area contributed by atoms with E-state index < -0.39 is 5.91 Å². The Kier molecular flexibility index (Phi) is 6.46. The summed E-state index contributed by atoms with van der Waals surface area (Å²) >= 11 is 17.5. The van der Waals surface area contributed by atoms with Gasteiger partial charge in [-0.1, -0.05) is 41.4 Å². The van der Waals surface area contributed by atoms with E-state index in [2.05, 4.69) is 10.6 Å². The van der Waals surface area contributed by atoms with Crippen molar-refractivity contribution < 1.29 is 14.3 Å². The van der Waals surface area contributed by atoms with Gasteiger partial charge in [0.2, 0.25) is 5.91 Å². The summed E-state index contributed by atoms with van der Waals surface area (Å²) in [5, 5.41) is 17.9. The van der Waals surface area contributed by atoms with Gasteiger partial charge in [-0.25, -0.2) is 0 Å². The number of phenols is 1. The van der Waals surface area contributed by atoms with Crippen molar-refractivity contribution in [3.8, 4) is 17.1 Å². The SMILES string of the molecule is O=C(C=Cc1ccc(-c2cccc(Cl)c2Cl)o1)NC(=S)Nc1cccc2cc(O)ccc12. The van der Waals surface area contributed by atoms with Gasteiger partial charge in [0, 0.05) is 22.7 Å². The fourth-order valence-electron chi connectivity index (χ4n) is 3.13. The highest BCUT2D eigenvalue weighted by Gasteiger charge is 2.11. The molecule has 0 aliphatic rings. The van der Waals surface area contributed by atoms with Crippen molar-refractivity contribution >= 4 is 69.0 Å². The maximum absolute atomic E-state index is 12.3. The second-order valence-corrected chi connectivity index (χ2v) is 7.98. The quantitative estimate of drug-likeness (QED) is 0.224. The summed E-state index contributed by atoms with van der Waals surface area (Å²) in [6, 6.07) is 19.3. The predicted molar refractivity (Wildman–Crippen MR) is 133 cm³/mol. The average molecular weight is 483 g/mol. The van der Waals surface area contributed by atoms with Crippen LogP contribution in [0, 0.1) is 0 Å². The Bertz CT molecular complexity index is 1360. The summed E-state index contributed by atoms with van der Waals surface area (Å²) in [5.74, 6) is 0.768. The highest BCUT2D eigenvalue weighted by molar-refractivity contribution is 7.80. The van der Waals surface area contributed by atoms with Gasteiger partial charge in [0.25, 0.3) is 0 Å². The highest BCUT2D eigenvalue weighted by Crippen LogP contribution is 2.34. The minimum atomic E-state index is -0.417. The van der Waals surface area contributed by atoms with Crippen LogP contribution in [0.15, 0.2) is 77.2 Å². The molecule has 0 bridgehead atoms. The minimum Gasteiger partial charge on any atom is -0.508 e. The molecule has 3 N–H and O–H groups in total. The van der Waals surface area contributed by atoms with Gasteiger partial charge in [0.05, 0.1) is 10.0 Å². The van der Waals surface area contributed by atoms with Crippen molar-refractivity contribution in [3.05, 3.63) is 88.6 Å². The molecule has 4 rings (SSSR count). The summed E-state index contributed by atoms with van der Waals surface area (Å²) < 4.78 is 5.74. The van der Waals surface area contributed by atoms with Crippen LogP contribution in [0.2, 0.25) is 10.0 Å². The van der Waals surface area contributed by atoms with Crippen molar-refractivity contribution in [2.24, 2.45) is 0 Å². The van der Waals surface area contributed by atoms with E-state index in [1.807, 2.05) is 18.2 Å². The first-order valence-corrected chi connectivity index (χ1v) is 10.6. The summed E-state index contributed by atoms with van der Waals surface area (Å²) in [4.78, 5) is 12.3. The molecule has 1 aromatic heterocycles. The molecule has 32 heavy (non-hydrogen) atoms. The molecule has 0 aliphatic carbocycles. The van der Waals surface area contributed by atoms with Crippen molar-refractivity contribution in [2.75, 3.05) is 5.32 Å². The number of aromatic hydroxyl groups is 1. The average Bonchev–Trinajstić information content (AvgIpc) is 3.23. The molecule has 0 aliphatic heterocycles. The van der Waals surface area contributed by atoms with Crippen molar-refractivity contribution in [1.29, 1.82) is 0 Å². The monoisotopic (exact) mass is 482 g/mol. The van der Waals surface area contributed by atoms with Crippen LogP contribution in [0.1, 0.15) is 5.76 Å². The first kappa shape index (κ1) is 21.9. The zero-order valence-electron chi connectivity index (χ0n) is 16.4. The van der Waals surface area contributed by atoms with Crippen LogP contribution in [0.25, 0.3) is 28.2 Å². The van der Waals surface area contributed by atoms with E-state index in [4.69, 9.17) is 39.8 Å². The van der Waals surface area contributed by atoms with E-state index in [1.54, 1.807) is 48.5 Å². The Morgan fingerprint density at radius 2 is 1.84 bits per heavy atom. The summed E-state index contributed by atoms with van der Waals surface area (Å²) in [6.07, 6.45) is 2.85. The maximum atomic E-state index is 12.3. The summed E-state index contributed by atoms with van der Waals surface area (Å²) in [6.45, 7) is 0. The van der Waals surface area contributed by atoms with Gasteiger partial charge in [-0.3, -0.25) is 10.1 Å². The smallest absolute Gasteiger partial charge is 0.250 e. The molecule has 0 saturated heterocycles. The van der Waals surface area contributed by atoms with E-state index in [0.29, 0.717) is 32.8 Å². The number of fused-ring (bicyclic) bond motifs is 1. The van der Waals surface area contributed by atoms with E-state index in [9.17, 15) is 9.90 Å². The number of rotatable bonds is 4. The standard InChI is InChI=1S/C24H16Cl2N2O3S/c25-19-5-2-4-18(23(19)26)21-11-8-16(31-21)9-12-22(30)28-24(32)27-20-6-1-3-14-13-15(29)7-10-17(14)20/h1-13,29H,(H2,27,28,30,32). The van der Waals surface area contributed by atoms with Crippen LogP contribution in [-0.2, 0) is 4.79 Å². The zero-order chi connectivity index (χ0) is 22.7. The number of hydrogen-bond donors (Lipinski definition) is 3. The van der Waals surface area contributed by atoms with E-state index in [-0.39, 0.29) is 10.9 Å². The topological polar surface area (TPSA) is 74.5 Å². The fraction of sp³-hybridized carbons (Fsp3) is 0. The van der Waals surface area contributed by atoms with Gasteiger partial charge in [-0.05, 0) is 72.2 Å². The Morgan fingerprint density at radius 1 is 1.03 bits per heavy atom. The summed E-state index contributed by atoms with van der Waals surface area (Å²) in [7, 11) is 0. The van der Waals surface area contributed by atoms with Gasteiger partial charge in [-0.15, -0.1) is 0 Å².